The minimum Gasteiger partial charge on any atom is -0.462 e. The van der Waals surface area contributed by atoms with E-state index in [4.69, 9.17) is 37.0 Å². The summed E-state index contributed by atoms with van der Waals surface area (Å²) in [6.45, 7) is 9.68. The van der Waals surface area contributed by atoms with E-state index in [0.29, 0.717) is 25.7 Å². The first kappa shape index (κ1) is 98.1. The van der Waals surface area contributed by atoms with Crippen molar-refractivity contribution in [2.75, 3.05) is 39.6 Å². The molecule has 0 radical (unpaired) electrons. The predicted molar refractivity (Wildman–Crippen MR) is 409 cm³/mol. The van der Waals surface area contributed by atoms with Crippen molar-refractivity contribution in [2.24, 2.45) is 11.8 Å². The molecule has 0 amide bonds. The largest absolute Gasteiger partial charge is 0.472 e. The van der Waals surface area contributed by atoms with Crippen LogP contribution >= 0.6 is 15.6 Å². The molecular weight excluding hydrogens is 1310 g/mol. The first-order valence-corrected chi connectivity index (χ1v) is 45.0. The zero-order chi connectivity index (χ0) is 73.5. The Balaban J connectivity index is 5.16. The Morgan fingerprint density at radius 2 is 0.510 bits per heavy atom. The Labute approximate surface area is 613 Å². The van der Waals surface area contributed by atoms with Gasteiger partial charge in [-0.3, -0.25) is 37.3 Å². The van der Waals surface area contributed by atoms with E-state index >= 15 is 0 Å². The van der Waals surface area contributed by atoms with Crippen LogP contribution in [-0.4, -0.2) is 96.7 Å². The smallest absolute Gasteiger partial charge is 0.462 e. The van der Waals surface area contributed by atoms with Gasteiger partial charge in [0.2, 0.25) is 0 Å². The Kier molecular flexibility index (Phi) is 71.2. The first-order chi connectivity index (χ1) is 48.4. The second kappa shape index (κ2) is 72.6. The number of ether oxygens (including phenoxy) is 4. The van der Waals surface area contributed by atoms with Crippen LogP contribution in [0.2, 0.25) is 0 Å². The van der Waals surface area contributed by atoms with E-state index in [1.165, 1.54) is 231 Å². The van der Waals surface area contributed by atoms with E-state index in [-0.39, 0.29) is 25.7 Å². The van der Waals surface area contributed by atoms with Crippen molar-refractivity contribution in [1.82, 2.24) is 0 Å². The monoisotopic (exact) mass is 1470 g/mol. The standard InChI is InChI=1S/C81H158O17P2/c1-7-10-12-14-16-17-18-19-24-30-36-41-47-53-59-65-80(85)97-76(69-91-78(83)63-57-51-43-15-13-11-8-2)71-95-99(87,88)93-67-75(82)68-94-100(89,90)96-72-77(70-92-79(84)64-58-52-46-40-35-32-27-28-33-38-44-49-55-61-73(4)5)98-81(86)66-60-54-48-42-37-31-26-23-21-20-22-25-29-34-39-45-50-56-62-74(6)9-3/h73-77,82H,7-72H2,1-6H3,(H,87,88)(H,89,90)/t74?,75-,76+,77+/m0/s1. The van der Waals surface area contributed by atoms with Crippen LogP contribution in [0.1, 0.15) is 427 Å². The van der Waals surface area contributed by atoms with Crippen molar-refractivity contribution in [3.05, 3.63) is 0 Å². The molecule has 17 nitrogen and oxygen atoms in total. The van der Waals surface area contributed by atoms with Crippen LogP contribution in [0.5, 0.6) is 0 Å². The van der Waals surface area contributed by atoms with Gasteiger partial charge in [0.1, 0.15) is 19.3 Å². The van der Waals surface area contributed by atoms with Gasteiger partial charge in [-0.05, 0) is 37.5 Å². The summed E-state index contributed by atoms with van der Waals surface area (Å²) in [5.41, 5.74) is 0. The molecule has 0 saturated carbocycles. The van der Waals surface area contributed by atoms with Gasteiger partial charge in [-0.1, -0.05) is 375 Å². The topological polar surface area (TPSA) is 237 Å². The lowest BCUT2D eigenvalue weighted by Crippen LogP contribution is -2.30. The number of carbonyl (C=O) groups is 4. The van der Waals surface area contributed by atoms with Crippen LogP contribution in [0.15, 0.2) is 0 Å². The van der Waals surface area contributed by atoms with Gasteiger partial charge in [0, 0.05) is 25.7 Å². The molecule has 0 fully saturated rings. The zero-order valence-corrected chi connectivity index (χ0v) is 67.3. The van der Waals surface area contributed by atoms with Gasteiger partial charge in [0.05, 0.1) is 26.4 Å². The van der Waals surface area contributed by atoms with Gasteiger partial charge >= 0.3 is 39.5 Å². The van der Waals surface area contributed by atoms with Crippen LogP contribution in [0.3, 0.4) is 0 Å². The summed E-state index contributed by atoms with van der Waals surface area (Å²) in [4.78, 5) is 72.9. The van der Waals surface area contributed by atoms with Gasteiger partial charge in [-0.2, -0.15) is 0 Å². The van der Waals surface area contributed by atoms with Crippen molar-refractivity contribution in [2.45, 2.75) is 445 Å². The number of rotatable bonds is 80. The summed E-state index contributed by atoms with van der Waals surface area (Å²) >= 11 is 0. The van der Waals surface area contributed by atoms with Crippen LogP contribution in [0.4, 0.5) is 0 Å². The van der Waals surface area contributed by atoms with E-state index in [1.807, 2.05) is 0 Å². The van der Waals surface area contributed by atoms with E-state index in [2.05, 4.69) is 41.5 Å². The number of unbranched alkanes of at least 4 members (excludes halogenated alkanes) is 49. The van der Waals surface area contributed by atoms with Crippen molar-refractivity contribution >= 4 is 39.5 Å². The van der Waals surface area contributed by atoms with E-state index in [0.717, 1.165) is 115 Å². The van der Waals surface area contributed by atoms with Gasteiger partial charge < -0.3 is 33.8 Å². The summed E-state index contributed by atoms with van der Waals surface area (Å²) in [6, 6.07) is 0. The van der Waals surface area contributed by atoms with Crippen LogP contribution < -0.4 is 0 Å². The maximum absolute atomic E-state index is 13.1. The second-order valence-electron chi connectivity index (χ2n) is 29.9. The zero-order valence-electron chi connectivity index (χ0n) is 65.5. The number of aliphatic hydroxyl groups excluding tert-OH is 1. The predicted octanol–water partition coefficient (Wildman–Crippen LogP) is 24.3. The SMILES string of the molecule is CCCCCCCCCCCCCCCCCC(=O)O[C@H](COC(=O)CCCCCCCCC)COP(=O)(O)OC[C@H](O)COP(=O)(O)OC[C@@H](COC(=O)CCCCCCCCCCCCCCCC(C)C)OC(=O)CCCCCCCCCCCCCCCCCCCCC(C)CC. The molecule has 100 heavy (non-hydrogen) atoms. The summed E-state index contributed by atoms with van der Waals surface area (Å²) < 4.78 is 68.6. The highest BCUT2D eigenvalue weighted by molar-refractivity contribution is 7.47. The lowest BCUT2D eigenvalue weighted by molar-refractivity contribution is -0.161. The number of esters is 4. The molecule has 0 aliphatic rings. The fraction of sp³-hybridized carbons (Fsp3) is 0.951. The highest BCUT2D eigenvalue weighted by Gasteiger charge is 2.30. The number of hydrogen-bond acceptors (Lipinski definition) is 15. The van der Waals surface area contributed by atoms with E-state index < -0.39 is 97.5 Å². The maximum atomic E-state index is 13.1. The molecule has 19 heteroatoms. The van der Waals surface area contributed by atoms with E-state index in [1.54, 1.807) is 0 Å². The lowest BCUT2D eigenvalue weighted by Gasteiger charge is -2.21. The van der Waals surface area contributed by atoms with Crippen LogP contribution in [0.25, 0.3) is 0 Å². The number of phosphoric ester groups is 2. The Morgan fingerprint density at radius 3 is 0.760 bits per heavy atom. The summed E-state index contributed by atoms with van der Waals surface area (Å²) in [5, 5.41) is 10.6. The lowest BCUT2D eigenvalue weighted by atomic mass is 9.99. The van der Waals surface area contributed by atoms with Crippen molar-refractivity contribution in [3.8, 4) is 0 Å². The molecule has 0 aromatic carbocycles. The molecule has 3 N–H and O–H groups in total. The summed E-state index contributed by atoms with van der Waals surface area (Å²) in [7, 11) is -9.91. The van der Waals surface area contributed by atoms with Crippen molar-refractivity contribution in [3.63, 3.8) is 0 Å². The molecule has 594 valence electrons. The number of aliphatic hydroxyl groups is 1. The van der Waals surface area contributed by atoms with E-state index in [9.17, 15) is 43.2 Å². The van der Waals surface area contributed by atoms with Crippen molar-refractivity contribution < 1.29 is 80.2 Å². The fourth-order valence-corrected chi connectivity index (χ4v) is 14.1. The van der Waals surface area contributed by atoms with Crippen LogP contribution in [0, 0.1) is 11.8 Å². The third-order valence-electron chi connectivity index (χ3n) is 19.3. The Morgan fingerprint density at radius 1 is 0.290 bits per heavy atom. The molecule has 0 aliphatic carbocycles. The Hall–Kier alpha value is -1.94. The Bertz CT molecular complexity index is 1930. The van der Waals surface area contributed by atoms with Crippen molar-refractivity contribution in [1.29, 1.82) is 0 Å². The second-order valence-corrected chi connectivity index (χ2v) is 32.8. The van der Waals surface area contributed by atoms with Gasteiger partial charge in [0.25, 0.3) is 0 Å². The summed E-state index contributed by atoms with van der Waals surface area (Å²) in [6.07, 6.45) is 62.5. The molecule has 0 heterocycles. The molecule has 0 rings (SSSR count). The molecule has 0 aromatic rings. The fourth-order valence-electron chi connectivity index (χ4n) is 12.5. The minimum absolute atomic E-state index is 0.108. The third kappa shape index (κ3) is 73.0. The molecular formula is C81H158O17P2. The quantitative estimate of drug-likeness (QED) is 0.0222. The average molecular weight is 1470 g/mol. The van der Waals surface area contributed by atoms with Crippen LogP contribution in [-0.2, 0) is 65.4 Å². The molecule has 6 atom stereocenters. The normalized spacial score (nSPS) is 14.2. The van der Waals surface area contributed by atoms with Gasteiger partial charge in [0.15, 0.2) is 12.2 Å². The maximum Gasteiger partial charge on any atom is 0.472 e. The molecule has 0 spiro atoms. The van der Waals surface area contributed by atoms with Gasteiger partial charge in [-0.15, -0.1) is 0 Å². The highest BCUT2D eigenvalue weighted by Crippen LogP contribution is 2.45. The highest BCUT2D eigenvalue weighted by atomic mass is 31.2. The first-order valence-electron chi connectivity index (χ1n) is 42.0. The molecule has 3 unspecified atom stereocenters. The molecule has 0 bridgehead atoms. The number of hydrogen-bond donors (Lipinski definition) is 3. The van der Waals surface area contributed by atoms with Gasteiger partial charge in [-0.25, -0.2) is 9.13 Å². The number of carbonyl (C=O) groups excluding carboxylic acids is 4. The molecule has 0 aromatic heterocycles. The third-order valence-corrected chi connectivity index (χ3v) is 21.2. The molecule has 0 aliphatic heterocycles. The number of phosphoric acid groups is 2. The molecule has 0 saturated heterocycles. The minimum atomic E-state index is -4.96. The summed E-state index contributed by atoms with van der Waals surface area (Å²) in [5.74, 6) is -0.450. The average Bonchev–Trinajstić information content (AvgIpc) is 0.938.